The molecule has 1 aromatic heterocycles. The van der Waals surface area contributed by atoms with E-state index in [1.54, 1.807) is 24.3 Å². The highest BCUT2D eigenvalue weighted by molar-refractivity contribution is 6.08. The Hall–Kier alpha value is -3.16. The molecule has 26 heavy (non-hydrogen) atoms. The van der Waals surface area contributed by atoms with E-state index in [9.17, 15) is 19.2 Å². The summed E-state index contributed by atoms with van der Waals surface area (Å²) in [6.45, 7) is 1.39. The Kier molecular flexibility index (Phi) is 4.75. The lowest BCUT2D eigenvalue weighted by atomic mass is 10.1. The Morgan fingerprint density at radius 1 is 1.27 bits per heavy atom. The van der Waals surface area contributed by atoms with Crippen molar-refractivity contribution in [3.63, 3.8) is 0 Å². The molecule has 0 bridgehead atoms. The molecule has 1 fully saturated rings. The van der Waals surface area contributed by atoms with Crippen molar-refractivity contribution in [2.75, 3.05) is 12.0 Å². The van der Waals surface area contributed by atoms with Crippen LogP contribution in [-0.2, 0) is 23.9 Å². The molecule has 1 aromatic carbocycles. The Labute approximate surface area is 148 Å². The third kappa shape index (κ3) is 3.17. The van der Waals surface area contributed by atoms with Gasteiger partial charge < -0.3 is 13.9 Å². The summed E-state index contributed by atoms with van der Waals surface area (Å²) in [5.41, 5.74) is -0.0368. The van der Waals surface area contributed by atoms with Crippen molar-refractivity contribution in [2.24, 2.45) is 0 Å². The second-order valence-electron chi connectivity index (χ2n) is 5.87. The molecule has 2 aromatic rings. The molecule has 8 nitrogen and oxygen atoms in total. The molecular formula is C18H17NO7. The van der Waals surface area contributed by atoms with Gasteiger partial charge in [0.1, 0.15) is 11.6 Å². The highest BCUT2D eigenvalue weighted by Gasteiger charge is 2.40. The number of esters is 2. The van der Waals surface area contributed by atoms with Crippen molar-refractivity contribution < 1.29 is 28.3 Å². The quantitative estimate of drug-likeness (QED) is 0.600. The first-order valence-corrected chi connectivity index (χ1v) is 8.05. The van der Waals surface area contributed by atoms with Gasteiger partial charge in [-0.25, -0.2) is 14.4 Å². The summed E-state index contributed by atoms with van der Waals surface area (Å²) in [6, 6.07) is 6.98. The minimum atomic E-state index is -1.09. The summed E-state index contributed by atoms with van der Waals surface area (Å²) in [6.07, 6.45) is -0.747. The van der Waals surface area contributed by atoms with Crippen LogP contribution >= 0.6 is 0 Å². The lowest BCUT2D eigenvalue weighted by Gasteiger charge is -2.25. The van der Waals surface area contributed by atoms with Crippen molar-refractivity contribution in [2.45, 2.75) is 31.9 Å². The summed E-state index contributed by atoms with van der Waals surface area (Å²) in [5, 5.41) is 0.529. The predicted octanol–water partition coefficient (Wildman–Crippen LogP) is 1.39. The van der Waals surface area contributed by atoms with E-state index >= 15 is 0 Å². The molecule has 3 rings (SSSR count). The van der Waals surface area contributed by atoms with Crippen LogP contribution in [0.5, 0.6) is 0 Å². The molecule has 1 amide bonds. The van der Waals surface area contributed by atoms with Gasteiger partial charge in [-0.05, 0) is 25.5 Å². The van der Waals surface area contributed by atoms with E-state index in [1.807, 2.05) is 0 Å². The molecule has 1 aliphatic rings. The molecule has 0 spiro atoms. The van der Waals surface area contributed by atoms with Crippen molar-refractivity contribution in [1.82, 2.24) is 0 Å². The highest BCUT2D eigenvalue weighted by atomic mass is 16.6. The Morgan fingerprint density at radius 3 is 2.73 bits per heavy atom. The largest absolute Gasteiger partial charge is 0.466 e. The Morgan fingerprint density at radius 2 is 2.00 bits per heavy atom. The van der Waals surface area contributed by atoms with Gasteiger partial charge in [0.05, 0.1) is 12.8 Å². The number of rotatable bonds is 4. The zero-order valence-electron chi connectivity index (χ0n) is 14.3. The van der Waals surface area contributed by atoms with Gasteiger partial charge in [-0.1, -0.05) is 12.1 Å². The fourth-order valence-electron chi connectivity index (χ4n) is 2.97. The minimum absolute atomic E-state index is 0.126. The van der Waals surface area contributed by atoms with Gasteiger partial charge in [0.2, 0.25) is 5.91 Å². The predicted molar refractivity (Wildman–Crippen MR) is 90.6 cm³/mol. The molecule has 0 unspecified atom stereocenters. The second kappa shape index (κ2) is 6.99. The van der Waals surface area contributed by atoms with Crippen molar-refractivity contribution >= 4 is 34.5 Å². The number of hydrogen-bond acceptors (Lipinski definition) is 7. The first-order chi connectivity index (χ1) is 12.4. The standard InChI is InChI=1S/C18H17NO7/c1-10(17(22)24-2)25-18(23)12-7-8-15(20)19(12)13-9-16(21)26-14-6-4-3-5-11(13)14/h3-6,9-10,12H,7-8H2,1-2H3/t10-,12+/m1/s1. The number of carbonyl (C=O) groups is 3. The van der Waals surface area contributed by atoms with E-state index < -0.39 is 29.7 Å². The van der Waals surface area contributed by atoms with Crippen LogP contribution in [0.25, 0.3) is 11.0 Å². The van der Waals surface area contributed by atoms with Crippen LogP contribution in [0.1, 0.15) is 19.8 Å². The van der Waals surface area contributed by atoms with Gasteiger partial charge in [0.25, 0.3) is 0 Å². The van der Waals surface area contributed by atoms with Gasteiger partial charge in [0.15, 0.2) is 6.10 Å². The maximum Gasteiger partial charge on any atom is 0.346 e. The zero-order chi connectivity index (χ0) is 18.8. The number of hydrogen-bond donors (Lipinski definition) is 0. The molecule has 2 atom stereocenters. The van der Waals surface area contributed by atoms with E-state index in [0.717, 1.165) is 0 Å². The zero-order valence-corrected chi connectivity index (χ0v) is 14.3. The maximum atomic E-state index is 12.5. The van der Waals surface area contributed by atoms with Gasteiger partial charge >= 0.3 is 17.6 Å². The number of benzene rings is 1. The van der Waals surface area contributed by atoms with E-state index in [2.05, 4.69) is 4.74 Å². The van der Waals surface area contributed by atoms with Crippen LogP contribution in [0.3, 0.4) is 0 Å². The summed E-state index contributed by atoms with van der Waals surface area (Å²) in [4.78, 5) is 49.5. The summed E-state index contributed by atoms with van der Waals surface area (Å²) >= 11 is 0. The fraction of sp³-hybridized carbons (Fsp3) is 0.333. The molecule has 0 N–H and O–H groups in total. The van der Waals surface area contributed by atoms with Crippen molar-refractivity contribution in [3.8, 4) is 0 Å². The molecule has 1 aliphatic heterocycles. The average Bonchev–Trinajstić information content (AvgIpc) is 3.01. The number of ether oxygens (including phenoxy) is 2. The number of fused-ring (bicyclic) bond motifs is 1. The van der Waals surface area contributed by atoms with Gasteiger partial charge in [-0.3, -0.25) is 9.69 Å². The van der Waals surface area contributed by atoms with E-state index in [0.29, 0.717) is 11.0 Å². The molecule has 1 saturated heterocycles. The van der Waals surface area contributed by atoms with Gasteiger partial charge in [0, 0.05) is 17.9 Å². The number of methoxy groups -OCH3 is 1. The monoisotopic (exact) mass is 359 g/mol. The molecule has 0 radical (unpaired) electrons. The molecular weight excluding hydrogens is 342 g/mol. The van der Waals surface area contributed by atoms with Gasteiger partial charge in [-0.2, -0.15) is 0 Å². The normalized spacial score (nSPS) is 18.0. The van der Waals surface area contributed by atoms with Crippen LogP contribution < -0.4 is 10.5 Å². The average molecular weight is 359 g/mol. The second-order valence-corrected chi connectivity index (χ2v) is 5.87. The third-order valence-corrected chi connectivity index (χ3v) is 4.20. The van der Waals surface area contributed by atoms with E-state index in [4.69, 9.17) is 9.15 Å². The summed E-state index contributed by atoms with van der Waals surface area (Å²) in [5.74, 6) is -1.74. The summed E-state index contributed by atoms with van der Waals surface area (Å²) < 4.78 is 14.8. The van der Waals surface area contributed by atoms with Crippen LogP contribution in [0.4, 0.5) is 5.69 Å². The van der Waals surface area contributed by atoms with Crippen LogP contribution in [0.15, 0.2) is 39.5 Å². The first-order valence-electron chi connectivity index (χ1n) is 8.05. The fourth-order valence-corrected chi connectivity index (χ4v) is 2.97. The first kappa shape index (κ1) is 17.7. The van der Waals surface area contributed by atoms with Gasteiger partial charge in [-0.15, -0.1) is 0 Å². The Bertz CT molecular complexity index is 933. The maximum absolute atomic E-state index is 12.5. The van der Waals surface area contributed by atoms with Crippen LogP contribution in [0.2, 0.25) is 0 Å². The molecule has 0 aliphatic carbocycles. The lowest BCUT2D eigenvalue weighted by molar-refractivity contribution is -0.165. The lowest BCUT2D eigenvalue weighted by Crippen LogP contribution is -2.42. The molecule has 0 saturated carbocycles. The minimum Gasteiger partial charge on any atom is -0.466 e. The van der Waals surface area contributed by atoms with E-state index in [1.165, 1.54) is 25.0 Å². The van der Waals surface area contributed by atoms with Crippen molar-refractivity contribution in [1.29, 1.82) is 0 Å². The SMILES string of the molecule is COC(=O)[C@@H](C)OC(=O)[C@@H]1CCC(=O)N1c1cc(=O)oc2ccccc12. The van der Waals surface area contributed by atoms with Crippen LogP contribution in [-0.4, -0.2) is 37.1 Å². The number of carbonyl (C=O) groups excluding carboxylic acids is 3. The van der Waals surface area contributed by atoms with Crippen LogP contribution in [0, 0.1) is 0 Å². The number of nitrogens with zero attached hydrogens (tertiary/aromatic N) is 1. The Balaban J connectivity index is 1.98. The number of amides is 1. The number of anilines is 1. The summed E-state index contributed by atoms with van der Waals surface area (Å²) in [7, 11) is 1.19. The van der Waals surface area contributed by atoms with E-state index in [-0.39, 0.29) is 24.4 Å². The molecule has 136 valence electrons. The number of para-hydroxylation sites is 1. The topological polar surface area (TPSA) is 103 Å². The van der Waals surface area contributed by atoms with Crippen molar-refractivity contribution in [3.05, 3.63) is 40.8 Å². The third-order valence-electron chi connectivity index (χ3n) is 4.20. The highest BCUT2D eigenvalue weighted by Crippen LogP contribution is 2.32. The molecule has 8 heteroatoms. The smallest absolute Gasteiger partial charge is 0.346 e. The molecule has 2 heterocycles.